The van der Waals surface area contributed by atoms with Crippen LogP contribution in [0.2, 0.25) is 0 Å². The van der Waals surface area contributed by atoms with Gasteiger partial charge >= 0.3 is 0 Å². The van der Waals surface area contributed by atoms with Gasteiger partial charge in [0.1, 0.15) is 17.5 Å². The summed E-state index contributed by atoms with van der Waals surface area (Å²) in [6.45, 7) is 3.86. The average molecular weight is 453 g/mol. The fourth-order valence-corrected chi connectivity index (χ4v) is 4.50. The van der Waals surface area contributed by atoms with Gasteiger partial charge in [-0.15, -0.1) is 0 Å². The third-order valence-corrected chi connectivity index (χ3v) is 6.23. The number of amides is 1. The summed E-state index contributed by atoms with van der Waals surface area (Å²) in [6.07, 6.45) is 0.639. The lowest BCUT2D eigenvalue weighted by molar-refractivity contribution is -0.127. The number of carbonyl (C=O) groups excluding carboxylic acids is 1. The van der Waals surface area contributed by atoms with Crippen molar-refractivity contribution in [3.8, 4) is 0 Å². The normalized spacial score (nSPS) is 18.8. The zero-order chi connectivity index (χ0) is 23.4. The Morgan fingerprint density at radius 1 is 0.939 bits per heavy atom. The summed E-state index contributed by atoms with van der Waals surface area (Å²) < 4.78 is 40.6. The lowest BCUT2D eigenvalue weighted by Gasteiger charge is -2.37. The third-order valence-electron chi connectivity index (χ3n) is 6.23. The first-order valence-electron chi connectivity index (χ1n) is 11.1. The van der Waals surface area contributed by atoms with Crippen LogP contribution >= 0.6 is 0 Å². The summed E-state index contributed by atoms with van der Waals surface area (Å²) >= 11 is 0. The van der Waals surface area contributed by atoms with Gasteiger partial charge in [-0.25, -0.2) is 13.2 Å². The fourth-order valence-electron chi connectivity index (χ4n) is 4.50. The molecule has 0 bridgehead atoms. The number of benzene rings is 3. The van der Waals surface area contributed by atoms with Gasteiger partial charge in [-0.1, -0.05) is 36.4 Å². The fraction of sp³-hybridized carbons (Fsp3) is 0.296. The first-order chi connectivity index (χ1) is 15.9. The third kappa shape index (κ3) is 6.02. The molecule has 172 valence electrons. The highest BCUT2D eigenvalue weighted by atomic mass is 19.1. The van der Waals surface area contributed by atoms with E-state index in [0.717, 1.165) is 17.7 Å². The minimum Gasteiger partial charge on any atom is -0.352 e. The van der Waals surface area contributed by atoms with Crippen LogP contribution in [-0.2, 0) is 17.9 Å². The van der Waals surface area contributed by atoms with Crippen LogP contribution in [0, 0.1) is 30.3 Å². The number of nitrogens with one attached hydrogen (secondary N) is 1. The van der Waals surface area contributed by atoms with Gasteiger partial charge in [0.05, 0.1) is 5.92 Å². The van der Waals surface area contributed by atoms with Gasteiger partial charge in [-0.3, -0.25) is 9.69 Å². The van der Waals surface area contributed by atoms with Crippen LogP contribution in [-0.4, -0.2) is 23.9 Å². The van der Waals surface area contributed by atoms with Crippen molar-refractivity contribution in [2.75, 3.05) is 13.1 Å². The zero-order valence-corrected chi connectivity index (χ0v) is 18.5. The molecule has 0 aromatic heterocycles. The molecule has 1 saturated heterocycles. The van der Waals surface area contributed by atoms with Crippen molar-refractivity contribution < 1.29 is 18.0 Å². The lowest BCUT2D eigenvalue weighted by atomic mass is 9.83. The quantitative estimate of drug-likeness (QED) is 0.548. The van der Waals surface area contributed by atoms with E-state index in [1.165, 1.54) is 30.3 Å². The Morgan fingerprint density at radius 2 is 1.73 bits per heavy atom. The molecular weight excluding hydrogens is 425 g/mol. The van der Waals surface area contributed by atoms with Crippen LogP contribution in [0.25, 0.3) is 0 Å². The van der Waals surface area contributed by atoms with Gasteiger partial charge in [-0.2, -0.15) is 0 Å². The molecule has 2 atom stereocenters. The standard InChI is InChI=1S/C27H27F3N2O/c1-18-11-21(7-10-26(18)30)22-13-23(27(33)31-14-20-3-2-4-25(29)12-20)17-32(16-22)15-19-5-8-24(28)9-6-19/h2-12,22-23H,13-17H2,1H3,(H,31,33)/t22-,23-/m1/s1. The van der Waals surface area contributed by atoms with E-state index < -0.39 is 0 Å². The van der Waals surface area contributed by atoms with Gasteiger partial charge in [0.2, 0.25) is 5.91 Å². The molecule has 1 heterocycles. The Morgan fingerprint density at radius 3 is 2.45 bits per heavy atom. The van der Waals surface area contributed by atoms with Crippen molar-refractivity contribution in [3.05, 3.63) is 106 Å². The van der Waals surface area contributed by atoms with Crippen LogP contribution in [0.15, 0.2) is 66.7 Å². The number of piperidine rings is 1. The molecule has 1 aliphatic heterocycles. The second-order valence-electron chi connectivity index (χ2n) is 8.81. The molecule has 1 amide bonds. The topological polar surface area (TPSA) is 32.3 Å². The Balaban J connectivity index is 1.50. The molecule has 3 aromatic carbocycles. The minimum atomic E-state index is -0.336. The van der Waals surface area contributed by atoms with Gasteiger partial charge in [-0.05, 0) is 71.8 Å². The molecule has 1 fully saturated rings. The molecule has 0 radical (unpaired) electrons. The van der Waals surface area contributed by atoms with E-state index in [0.29, 0.717) is 30.6 Å². The van der Waals surface area contributed by atoms with Crippen LogP contribution in [0.3, 0.4) is 0 Å². The summed E-state index contributed by atoms with van der Waals surface area (Å²) in [6, 6.07) is 17.7. The molecule has 1 aliphatic rings. The van der Waals surface area contributed by atoms with Crippen molar-refractivity contribution in [2.24, 2.45) is 5.92 Å². The maximum atomic E-state index is 13.8. The molecule has 33 heavy (non-hydrogen) atoms. The van der Waals surface area contributed by atoms with Crippen molar-refractivity contribution in [1.82, 2.24) is 10.2 Å². The van der Waals surface area contributed by atoms with Crippen molar-refractivity contribution in [3.63, 3.8) is 0 Å². The summed E-state index contributed by atoms with van der Waals surface area (Å²) in [5.74, 6) is -1.18. The number of rotatable bonds is 6. The Hall–Kier alpha value is -3.12. The van der Waals surface area contributed by atoms with Crippen LogP contribution in [0.5, 0.6) is 0 Å². The summed E-state index contributed by atoms with van der Waals surface area (Å²) in [5, 5.41) is 2.94. The van der Waals surface area contributed by atoms with Crippen LogP contribution in [0.1, 0.15) is 34.6 Å². The molecular formula is C27H27F3N2O. The monoisotopic (exact) mass is 452 g/mol. The highest BCUT2D eigenvalue weighted by Crippen LogP contribution is 2.32. The molecule has 3 aromatic rings. The van der Waals surface area contributed by atoms with E-state index in [2.05, 4.69) is 10.2 Å². The summed E-state index contributed by atoms with van der Waals surface area (Å²) in [4.78, 5) is 15.2. The van der Waals surface area contributed by atoms with Gasteiger partial charge in [0, 0.05) is 26.2 Å². The zero-order valence-electron chi connectivity index (χ0n) is 18.5. The highest BCUT2D eigenvalue weighted by molar-refractivity contribution is 5.79. The smallest absolute Gasteiger partial charge is 0.224 e. The number of aryl methyl sites for hydroxylation is 1. The number of hydrogen-bond acceptors (Lipinski definition) is 2. The number of nitrogens with zero attached hydrogens (tertiary/aromatic N) is 1. The highest BCUT2D eigenvalue weighted by Gasteiger charge is 2.32. The molecule has 6 heteroatoms. The summed E-state index contributed by atoms with van der Waals surface area (Å²) in [7, 11) is 0. The summed E-state index contributed by atoms with van der Waals surface area (Å²) in [5.41, 5.74) is 3.25. The van der Waals surface area contributed by atoms with E-state index in [1.807, 2.05) is 6.07 Å². The average Bonchev–Trinajstić information content (AvgIpc) is 2.80. The number of carbonyl (C=O) groups is 1. The number of likely N-dealkylation sites (tertiary alicyclic amines) is 1. The minimum absolute atomic E-state index is 0.0587. The number of hydrogen-bond donors (Lipinski definition) is 1. The van der Waals surface area contributed by atoms with E-state index in [1.54, 1.807) is 37.3 Å². The Bertz CT molecular complexity index is 1120. The van der Waals surface area contributed by atoms with Crippen LogP contribution in [0.4, 0.5) is 13.2 Å². The van der Waals surface area contributed by atoms with Gasteiger partial charge < -0.3 is 5.32 Å². The van der Waals surface area contributed by atoms with Gasteiger partial charge in [0.15, 0.2) is 0 Å². The maximum absolute atomic E-state index is 13.8. The first-order valence-corrected chi connectivity index (χ1v) is 11.1. The van der Waals surface area contributed by atoms with E-state index >= 15 is 0 Å². The molecule has 0 saturated carbocycles. The molecule has 0 aliphatic carbocycles. The van der Waals surface area contributed by atoms with E-state index in [9.17, 15) is 18.0 Å². The molecule has 1 N–H and O–H groups in total. The van der Waals surface area contributed by atoms with Crippen LogP contribution < -0.4 is 5.32 Å². The molecule has 0 unspecified atom stereocenters. The number of halogens is 3. The van der Waals surface area contributed by atoms with Crippen molar-refractivity contribution in [2.45, 2.75) is 32.4 Å². The Labute approximate surface area is 192 Å². The second kappa shape index (κ2) is 10.2. The molecule has 4 rings (SSSR count). The molecule has 0 spiro atoms. The maximum Gasteiger partial charge on any atom is 0.224 e. The first kappa shape index (κ1) is 23.1. The van der Waals surface area contributed by atoms with Crippen molar-refractivity contribution in [1.29, 1.82) is 0 Å². The lowest BCUT2D eigenvalue weighted by Crippen LogP contribution is -2.45. The van der Waals surface area contributed by atoms with E-state index in [4.69, 9.17) is 0 Å². The predicted octanol–water partition coefficient (Wildman–Crippen LogP) is 5.33. The molecule has 3 nitrogen and oxygen atoms in total. The van der Waals surface area contributed by atoms with Crippen molar-refractivity contribution >= 4 is 5.91 Å². The van der Waals surface area contributed by atoms with E-state index in [-0.39, 0.29) is 41.7 Å². The van der Waals surface area contributed by atoms with Gasteiger partial charge in [0.25, 0.3) is 0 Å². The largest absolute Gasteiger partial charge is 0.352 e. The Kier molecular flexibility index (Phi) is 7.14. The predicted molar refractivity (Wildman–Crippen MR) is 122 cm³/mol. The SMILES string of the molecule is Cc1cc([C@@H]2C[C@@H](C(=O)NCc3cccc(F)c3)CN(Cc3ccc(F)cc3)C2)ccc1F. The second-order valence-corrected chi connectivity index (χ2v) is 8.81.